The first-order valence-electron chi connectivity index (χ1n) is 5.50. The molecule has 0 radical (unpaired) electrons. The highest BCUT2D eigenvalue weighted by atomic mass is 16.5. The van der Waals surface area contributed by atoms with Crippen LogP contribution >= 0.6 is 0 Å². The zero-order valence-corrected chi connectivity index (χ0v) is 10.2. The second kappa shape index (κ2) is 7.08. The minimum atomic E-state index is -0.510. The van der Waals surface area contributed by atoms with Crippen LogP contribution in [0.2, 0.25) is 0 Å². The van der Waals surface area contributed by atoms with Gasteiger partial charge in [-0.05, 0) is 30.7 Å². The highest BCUT2D eigenvalue weighted by Gasteiger charge is 2.04. The molecule has 1 rings (SSSR count). The van der Waals surface area contributed by atoms with Crippen molar-refractivity contribution in [3.63, 3.8) is 0 Å². The Kier molecular flexibility index (Phi) is 5.40. The van der Waals surface area contributed by atoms with Gasteiger partial charge < -0.3 is 4.74 Å². The van der Waals surface area contributed by atoms with Crippen molar-refractivity contribution in [1.29, 1.82) is 0 Å². The van der Waals surface area contributed by atoms with Crippen molar-refractivity contribution in [3.8, 4) is 12.3 Å². The Morgan fingerprint density at radius 2 is 2.22 bits per heavy atom. The zero-order chi connectivity index (χ0) is 13.4. The van der Waals surface area contributed by atoms with E-state index in [2.05, 4.69) is 5.92 Å². The normalized spacial score (nSPS) is 10.0. The molecule has 0 aliphatic carbocycles. The summed E-state index contributed by atoms with van der Waals surface area (Å²) in [4.78, 5) is 21.7. The van der Waals surface area contributed by atoms with Crippen molar-refractivity contribution in [1.82, 2.24) is 0 Å². The first-order chi connectivity index (χ1) is 8.61. The van der Waals surface area contributed by atoms with Crippen molar-refractivity contribution < 1.29 is 14.3 Å². The van der Waals surface area contributed by atoms with Crippen LogP contribution in [0.3, 0.4) is 0 Å². The Bertz CT molecular complexity index is 507. The molecule has 1 aromatic carbocycles. The van der Waals surface area contributed by atoms with Crippen LogP contribution in [0.25, 0.3) is 6.08 Å². The van der Waals surface area contributed by atoms with E-state index in [-0.39, 0.29) is 18.8 Å². The lowest BCUT2D eigenvalue weighted by Gasteiger charge is -1.99. The fraction of sp³-hybridized carbons (Fsp3) is 0.200. The van der Waals surface area contributed by atoms with Gasteiger partial charge in [0.05, 0.1) is 0 Å². The van der Waals surface area contributed by atoms with Crippen molar-refractivity contribution in [3.05, 3.63) is 41.5 Å². The molecule has 0 N–H and O–H groups in total. The van der Waals surface area contributed by atoms with Crippen LogP contribution in [0, 0.1) is 12.3 Å². The Morgan fingerprint density at radius 1 is 1.44 bits per heavy atom. The summed E-state index contributed by atoms with van der Waals surface area (Å²) >= 11 is 0. The van der Waals surface area contributed by atoms with E-state index >= 15 is 0 Å². The van der Waals surface area contributed by atoms with Crippen molar-refractivity contribution in [2.75, 3.05) is 6.61 Å². The number of esters is 1. The second-order valence-electron chi connectivity index (χ2n) is 3.73. The third-order valence-electron chi connectivity index (χ3n) is 2.10. The molecule has 0 saturated carbocycles. The summed E-state index contributed by atoms with van der Waals surface area (Å²) in [6.07, 6.45) is 8.61. The van der Waals surface area contributed by atoms with Gasteiger partial charge in [-0.1, -0.05) is 24.1 Å². The molecule has 0 spiro atoms. The van der Waals surface area contributed by atoms with Crippen LogP contribution in [0.1, 0.15) is 24.5 Å². The first kappa shape index (κ1) is 13.7. The lowest BCUT2D eigenvalue weighted by molar-refractivity contribution is -0.144. The van der Waals surface area contributed by atoms with E-state index in [1.807, 2.05) is 30.3 Å². The number of ketones is 1. The van der Waals surface area contributed by atoms with Crippen LogP contribution < -0.4 is 0 Å². The Balaban J connectivity index is 2.43. The summed E-state index contributed by atoms with van der Waals surface area (Å²) in [6, 6.07) is 7.45. The van der Waals surface area contributed by atoms with Crippen LogP contribution in [0.4, 0.5) is 0 Å². The van der Waals surface area contributed by atoms with Gasteiger partial charge in [-0.3, -0.25) is 9.59 Å². The van der Waals surface area contributed by atoms with Crippen LogP contribution in [-0.4, -0.2) is 18.4 Å². The molecule has 3 nitrogen and oxygen atoms in total. The number of hydrogen-bond acceptors (Lipinski definition) is 3. The van der Waals surface area contributed by atoms with Crippen molar-refractivity contribution in [2.24, 2.45) is 0 Å². The fourth-order valence-corrected chi connectivity index (χ4v) is 1.31. The number of hydrogen-bond donors (Lipinski definition) is 0. The monoisotopic (exact) mass is 242 g/mol. The van der Waals surface area contributed by atoms with Gasteiger partial charge in [0.15, 0.2) is 0 Å². The number of Topliss-reactive ketones (excluding diaryl/α,β-unsaturated/α-hetero) is 1. The highest BCUT2D eigenvalue weighted by molar-refractivity contribution is 5.94. The molecule has 0 fully saturated rings. The van der Waals surface area contributed by atoms with Crippen molar-refractivity contribution >= 4 is 17.8 Å². The van der Waals surface area contributed by atoms with Crippen LogP contribution in [0.15, 0.2) is 30.3 Å². The molecule has 0 amide bonds. The van der Waals surface area contributed by atoms with E-state index in [1.165, 1.54) is 6.92 Å². The quantitative estimate of drug-likeness (QED) is 0.451. The Hall–Kier alpha value is -2.34. The van der Waals surface area contributed by atoms with Gasteiger partial charge in [0.1, 0.15) is 18.8 Å². The third-order valence-corrected chi connectivity index (χ3v) is 2.10. The number of carbonyl (C=O) groups is 2. The van der Waals surface area contributed by atoms with E-state index in [0.29, 0.717) is 0 Å². The molecular weight excluding hydrogens is 228 g/mol. The first-order valence-corrected chi connectivity index (χ1v) is 5.50. The molecule has 0 saturated heterocycles. The minimum Gasteiger partial charge on any atom is -0.461 e. The average Bonchev–Trinajstić information content (AvgIpc) is 2.34. The molecular formula is C15H14O3. The van der Waals surface area contributed by atoms with Gasteiger partial charge >= 0.3 is 5.97 Å². The number of carbonyl (C=O) groups excluding carboxylic acids is 2. The molecule has 0 atom stereocenters. The van der Waals surface area contributed by atoms with Gasteiger partial charge in [-0.15, -0.1) is 6.42 Å². The van der Waals surface area contributed by atoms with Gasteiger partial charge in [0.2, 0.25) is 0 Å². The van der Waals surface area contributed by atoms with Gasteiger partial charge in [0.25, 0.3) is 0 Å². The van der Waals surface area contributed by atoms with Gasteiger partial charge in [0, 0.05) is 5.56 Å². The van der Waals surface area contributed by atoms with Crippen molar-refractivity contribution in [2.45, 2.75) is 13.3 Å². The minimum absolute atomic E-state index is 0.145. The van der Waals surface area contributed by atoms with Crippen LogP contribution in [-0.2, 0) is 14.3 Å². The summed E-state index contributed by atoms with van der Waals surface area (Å²) in [7, 11) is 0. The van der Waals surface area contributed by atoms with E-state index in [1.54, 1.807) is 6.08 Å². The number of ether oxygens (including phenoxy) is 1. The smallest absolute Gasteiger partial charge is 0.313 e. The molecule has 0 aromatic heterocycles. The van der Waals surface area contributed by atoms with Gasteiger partial charge in [-0.25, -0.2) is 0 Å². The Labute approximate surface area is 106 Å². The topological polar surface area (TPSA) is 43.4 Å². The number of rotatable bonds is 5. The molecule has 0 aliphatic rings. The summed E-state index contributed by atoms with van der Waals surface area (Å²) in [5.74, 6) is 1.83. The maximum atomic E-state index is 11.1. The molecule has 0 heterocycles. The molecule has 1 aromatic rings. The molecule has 18 heavy (non-hydrogen) atoms. The summed E-state index contributed by atoms with van der Waals surface area (Å²) in [6.45, 7) is 1.49. The predicted octanol–water partition coefficient (Wildman–Crippen LogP) is 2.20. The highest BCUT2D eigenvalue weighted by Crippen LogP contribution is 2.05. The molecule has 0 unspecified atom stereocenters. The lowest BCUT2D eigenvalue weighted by atomic mass is 10.1. The summed E-state index contributed by atoms with van der Waals surface area (Å²) in [5.41, 5.74) is 1.73. The standard InChI is InChI=1S/C15H14O3/c1-3-13-6-4-7-14(11-13)8-5-9-18-15(17)10-12(2)16/h1,4-8,11H,9-10H2,2H3. The number of benzene rings is 1. The largest absolute Gasteiger partial charge is 0.461 e. The molecule has 3 heteroatoms. The molecule has 92 valence electrons. The third kappa shape index (κ3) is 5.13. The second-order valence-corrected chi connectivity index (χ2v) is 3.73. The van der Waals surface area contributed by atoms with Crippen LogP contribution in [0.5, 0.6) is 0 Å². The molecule has 0 aliphatic heterocycles. The van der Waals surface area contributed by atoms with E-state index in [0.717, 1.165) is 11.1 Å². The van der Waals surface area contributed by atoms with E-state index < -0.39 is 5.97 Å². The maximum absolute atomic E-state index is 11.1. The maximum Gasteiger partial charge on any atom is 0.313 e. The van der Waals surface area contributed by atoms with E-state index in [9.17, 15) is 9.59 Å². The number of terminal acetylenes is 1. The summed E-state index contributed by atoms with van der Waals surface area (Å²) < 4.78 is 4.84. The Morgan fingerprint density at radius 3 is 2.89 bits per heavy atom. The lowest BCUT2D eigenvalue weighted by Crippen LogP contribution is -2.08. The zero-order valence-electron chi connectivity index (χ0n) is 10.2. The average molecular weight is 242 g/mol. The predicted molar refractivity (Wildman–Crippen MR) is 69.7 cm³/mol. The van der Waals surface area contributed by atoms with Gasteiger partial charge in [-0.2, -0.15) is 0 Å². The fourth-order valence-electron chi connectivity index (χ4n) is 1.31. The summed E-state index contributed by atoms with van der Waals surface area (Å²) in [5, 5.41) is 0. The SMILES string of the molecule is C#Cc1cccc(C=CCOC(=O)CC(C)=O)c1. The van der Waals surface area contributed by atoms with E-state index in [4.69, 9.17) is 11.2 Å². The molecule has 0 bridgehead atoms.